The van der Waals surface area contributed by atoms with Gasteiger partial charge in [0.2, 0.25) is 0 Å². The SMILES string of the molecule is COc1c(N2CCOCC2)cc(C(=O)Cn2nc3c(C)cc(N4CCCC4)n[n+]3c2N)cc1C(C)(C)C. The molecule has 0 saturated carbocycles. The van der Waals surface area contributed by atoms with Crippen LogP contribution in [0.2, 0.25) is 0 Å². The Morgan fingerprint density at radius 3 is 2.46 bits per heavy atom. The van der Waals surface area contributed by atoms with Gasteiger partial charge >= 0.3 is 5.95 Å². The van der Waals surface area contributed by atoms with Crippen LogP contribution < -0.4 is 24.8 Å². The number of ketones is 1. The van der Waals surface area contributed by atoms with E-state index in [4.69, 9.17) is 20.3 Å². The van der Waals surface area contributed by atoms with Crippen molar-refractivity contribution in [3.05, 3.63) is 34.9 Å². The Kier molecular flexibility index (Phi) is 6.70. The van der Waals surface area contributed by atoms with Gasteiger partial charge in [0.15, 0.2) is 18.1 Å². The van der Waals surface area contributed by atoms with Crippen LogP contribution in [-0.2, 0) is 16.7 Å². The molecule has 37 heavy (non-hydrogen) atoms. The van der Waals surface area contributed by atoms with Crippen molar-refractivity contribution < 1.29 is 18.8 Å². The third kappa shape index (κ3) is 4.82. The number of anilines is 3. The van der Waals surface area contributed by atoms with Gasteiger partial charge in [0.1, 0.15) is 5.75 Å². The maximum atomic E-state index is 13.7. The zero-order valence-corrected chi connectivity index (χ0v) is 22.6. The minimum absolute atomic E-state index is 0.0200. The average Bonchev–Trinajstić information content (AvgIpc) is 3.52. The van der Waals surface area contributed by atoms with Crippen LogP contribution in [0.5, 0.6) is 5.75 Å². The van der Waals surface area contributed by atoms with Gasteiger partial charge in [-0.15, -0.1) is 4.68 Å². The molecule has 0 radical (unpaired) electrons. The molecule has 2 aromatic heterocycles. The van der Waals surface area contributed by atoms with E-state index in [0.717, 1.165) is 67.4 Å². The number of carbonyl (C=O) groups excluding carboxylic acids is 1. The number of hydrogen-bond donors (Lipinski definition) is 1. The lowest BCUT2D eigenvalue weighted by Gasteiger charge is -2.33. The smallest absolute Gasteiger partial charge is 0.366 e. The molecule has 1 aromatic carbocycles. The van der Waals surface area contributed by atoms with Crippen LogP contribution in [0, 0.1) is 6.92 Å². The minimum atomic E-state index is -0.217. The number of Topliss-reactive ketones (excluding diaryl/α,β-unsaturated/α-hetero) is 1. The number of fused-ring (bicyclic) bond motifs is 1. The molecule has 2 aliphatic rings. The van der Waals surface area contributed by atoms with E-state index in [9.17, 15) is 4.79 Å². The highest BCUT2D eigenvalue weighted by atomic mass is 16.5. The first-order valence-corrected chi connectivity index (χ1v) is 13.1. The Hall–Kier alpha value is -3.40. The Morgan fingerprint density at radius 2 is 1.81 bits per heavy atom. The van der Waals surface area contributed by atoms with Crippen molar-refractivity contribution in [1.29, 1.82) is 0 Å². The summed E-state index contributed by atoms with van der Waals surface area (Å²) >= 11 is 0. The number of aromatic nitrogens is 4. The number of rotatable bonds is 6. The summed E-state index contributed by atoms with van der Waals surface area (Å²) in [5.74, 6) is 1.97. The maximum Gasteiger partial charge on any atom is 0.366 e. The van der Waals surface area contributed by atoms with Crippen molar-refractivity contribution >= 4 is 28.9 Å². The Labute approximate surface area is 217 Å². The van der Waals surface area contributed by atoms with Gasteiger partial charge in [-0.3, -0.25) is 4.79 Å². The molecule has 10 heteroatoms. The number of ether oxygens (including phenoxy) is 2. The lowest BCUT2D eigenvalue weighted by Crippen LogP contribution is -2.37. The molecule has 0 bridgehead atoms. The van der Waals surface area contributed by atoms with Crippen molar-refractivity contribution in [1.82, 2.24) is 14.9 Å². The van der Waals surface area contributed by atoms with Crippen molar-refractivity contribution in [2.24, 2.45) is 0 Å². The first kappa shape index (κ1) is 25.3. The largest absolute Gasteiger partial charge is 0.494 e. The monoisotopic (exact) mass is 508 g/mol. The third-order valence-electron chi connectivity index (χ3n) is 7.28. The number of morpholine rings is 1. The topological polar surface area (TPSA) is 103 Å². The van der Waals surface area contributed by atoms with Crippen molar-refractivity contribution in [2.45, 2.75) is 52.5 Å². The van der Waals surface area contributed by atoms with Crippen molar-refractivity contribution in [2.75, 3.05) is 62.0 Å². The van der Waals surface area contributed by atoms with Crippen molar-refractivity contribution in [3.8, 4) is 5.75 Å². The molecule has 0 spiro atoms. The quantitative estimate of drug-likeness (QED) is 0.400. The van der Waals surface area contributed by atoms with Crippen molar-refractivity contribution in [3.63, 3.8) is 0 Å². The molecular weight excluding hydrogens is 470 g/mol. The van der Waals surface area contributed by atoms with Gasteiger partial charge in [0, 0.05) is 48.0 Å². The zero-order chi connectivity index (χ0) is 26.3. The van der Waals surface area contributed by atoms with Gasteiger partial charge in [0.05, 0.1) is 26.0 Å². The zero-order valence-electron chi connectivity index (χ0n) is 22.6. The standard InChI is InChI=1S/C27H37N7O3/c1-18-14-23(32-8-6-7-9-32)29-34-25(18)30-33(26(34)28)17-22(35)19-15-20(27(2,3)4)24(36-5)21(16-19)31-10-12-37-13-11-31/h14-16,28H,6-13,17H2,1-5H3/p+1. The Balaban J connectivity index is 1.51. The Bertz CT molecular complexity index is 1320. The summed E-state index contributed by atoms with van der Waals surface area (Å²) in [5, 5.41) is 9.41. The number of methoxy groups -OCH3 is 1. The predicted molar refractivity (Wildman–Crippen MR) is 143 cm³/mol. The first-order valence-electron chi connectivity index (χ1n) is 13.1. The number of nitrogens with two attached hydrogens (primary N) is 1. The van der Waals surface area contributed by atoms with Crippen LogP contribution in [0.4, 0.5) is 17.5 Å². The summed E-state index contributed by atoms with van der Waals surface area (Å²) in [4.78, 5) is 18.2. The summed E-state index contributed by atoms with van der Waals surface area (Å²) < 4.78 is 14.7. The van der Waals surface area contributed by atoms with E-state index >= 15 is 0 Å². The van der Waals surface area contributed by atoms with Gasteiger partial charge in [-0.25, -0.2) is 0 Å². The molecule has 0 amide bonds. The molecule has 3 aromatic rings. The fraction of sp³-hybridized carbons (Fsp3) is 0.556. The molecule has 5 rings (SSSR count). The number of aryl methyl sites for hydroxylation is 1. The molecule has 0 aliphatic carbocycles. The van der Waals surface area contributed by atoms with Crippen LogP contribution in [0.15, 0.2) is 18.2 Å². The Morgan fingerprint density at radius 1 is 1.11 bits per heavy atom. The number of carbonyl (C=O) groups is 1. The summed E-state index contributed by atoms with van der Waals surface area (Å²) in [6.07, 6.45) is 2.33. The van der Waals surface area contributed by atoms with Gasteiger partial charge in [-0.05, 0) is 43.4 Å². The van der Waals surface area contributed by atoms with Crippen LogP contribution in [0.1, 0.15) is 55.1 Å². The van der Waals surface area contributed by atoms with Crippen LogP contribution in [-0.4, -0.2) is 67.2 Å². The second kappa shape index (κ2) is 9.81. The lowest BCUT2D eigenvalue weighted by atomic mass is 9.84. The molecule has 198 valence electrons. The first-order chi connectivity index (χ1) is 17.7. The highest BCUT2D eigenvalue weighted by molar-refractivity contribution is 5.98. The molecule has 10 nitrogen and oxygen atoms in total. The van der Waals surface area contributed by atoms with E-state index in [1.165, 1.54) is 0 Å². The van der Waals surface area contributed by atoms with Crippen LogP contribution >= 0.6 is 0 Å². The van der Waals surface area contributed by atoms with E-state index in [0.29, 0.717) is 30.4 Å². The normalized spacial score (nSPS) is 16.6. The number of nitrogens with zero attached hydrogens (tertiary/aromatic N) is 6. The molecule has 4 heterocycles. The minimum Gasteiger partial charge on any atom is -0.494 e. The fourth-order valence-electron chi connectivity index (χ4n) is 5.19. The fourth-order valence-corrected chi connectivity index (χ4v) is 5.19. The van der Waals surface area contributed by atoms with Crippen LogP contribution in [0.25, 0.3) is 5.65 Å². The number of hydrogen-bond acceptors (Lipinski definition) is 8. The number of nitrogen functional groups attached to an aromatic ring is 1. The number of benzene rings is 1. The highest BCUT2D eigenvalue weighted by Crippen LogP contribution is 2.40. The third-order valence-corrected chi connectivity index (χ3v) is 7.28. The molecule has 0 unspecified atom stereocenters. The predicted octanol–water partition coefficient (Wildman–Crippen LogP) is 2.53. The molecule has 2 fully saturated rings. The molecule has 2 N–H and O–H groups in total. The van der Waals surface area contributed by atoms with Gasteiger partial charge < -0.3 is 25.0 Å². The van der Waals surface area contributed by atoms with E-state index in [1.807, 2.05) is 25.1 Å². The molecule has 2 aliphatic heterocycles. The lowest BCUT2D eigenvalue weighted by molar-refractivity contribution is -0.565. The maximum absolute atomic E-state index is 13.7. The van der Waals surface area contributed by atoms with E-state index in [1.54, 1.807) is 16.3 Å². The van der Waals surface area contributed by atoms with E-state index < -0.39 is 0 Å². The summed E-state index contributed by atoms with van der Waals surface area (Å²) in [6.45, 7) is 13.2. The molecule has 0 atom stereocenters. The van der Waals surface area contributed by atoms with Gasteiger partial charge in [-0.2, -0.15) is 0 Å². The van der Waals surface area contributed by atoms with E-state index in [2.05, 4.69) is 35.7 Å². The van der Waals surface area contributed by atoms with Crippen LogP contribution in [0.3, 0.4) is 0 Å². The van der Waals surface area contributed by atoms with Gasteiger partial charge in [0.25, 0.3) is 5.65 Å². The second-order valence-electron chi connectivity index (χ2n) is 11.0. The average molecular weight is 509 g/mol. The summed E-state index contributed by atoms with van der Waals surface area (Å²) in [5.41, 5.74) is 10.4. The second-order valence-corrected chi connectivity index (χ2v) is 11.0. The van der Waals surface area contributed by atoms with E-state index in [-0.39, 0.29) is 17.7 Å². The molecular formula is C27H38N7O3+. The summed E-state index contributed by atoms with van der Waals surface area (Å²) in [7, 11) is 1.69. The molecule has 2 saturated heterocycles. The summed E-state index contributed by atoms with van der Waals surface area (Å²) in [6, 6.07) is 5.93. The van der Waals surface area contributed by atoms with Gasteiger partial charge in [-0.1, -0.05) is 30.4 Å². The highest BCUT2D eigenvalue weighted by Gasteiger charge is 2.29.